The first-order valence-electron chi connectivity index (χ1n) is 10.0. The molecule has 3 aromatic carbocycles. The van der Waals surface area contributed by atoms with Gasteiger partial charge in [0.25, 0.3) is 0 Å². The van der Waals surface area contributed by atoms with Crippen LogP contribution < -0.4 is 0 Å². The van der Waals surface area contributed by atoms with Crippen molar-refractivity contribution in [3.05, 3.63) is 95.1 Å². The minimum Gasteiger partial charge on any atom is -0.0587 e. The van der Waals surface area contributed by atoms with E-state index >= 15 is 0 Å². The molecule has 0 bridgehead atoms. The molecule has 0 unspecified atom stereocenters. The van der Waals surface area contributed by atoms with Crippen LogP contribution in [0.1, 0.15) is 60.3 Å². The Bertz CT molecular complexity index is 817. The first kappa shape index (κ1) is 17.1. The number of aryl methyl sites for hydroxylation is 1. The van der Waals surface area contributed by atoms with Crippen LogP contribution in [0.4, 0.5) is 0 Å². The Labute approximate surface area is 157 Å². The summed E-state index contributed by atoms with van der Waals surface area (Å²) in [7, 11) is 0. The molecule has 0 heterocycles. The average molecular weight is 341 g/mol. The molecule has 0 atom stereocenters. The van der Waals surface area contributed by atoms with Gasteiger partial charge in [-0.3, -0.25) is 0 Å². The van der Waals surface area contributed by atoms with E-state index in [2.05, 4.69) is 79.7 Å². The maximum absolute atomic E-state index is 2.37. The van der Waals surface area contributed by atoms with E-state index in [9.17, 15) is 0 Å². The third-order valence-corrected chi connectivity index (χ3v) is 5.80. The molecular formula is C26H28. The fourth-order valence-electron chi connectivity index (χ4n) is 4.14. The number of hydrogen-bond acceptors (Lipinski definition) is 0. The summed E-state index contributed by atoms with van der Waals surface area (Å²) in [5.74, 6) is 0.798. The number of hydrogen-bond donors (Lipinski definition) is 0. The van der Waals surface area contributed by atoms with Crippen LogP contribution in [0, 0.1) is 6.92 Å². The highest BCUT2D eigenvalue weighted by molar-refractivity contribution is 5.64. The lowest BCUT2D eigenvalue weighted by Crippen LogP contribution is -2.04. The molecule has 0 radical (unpaired) electrons. The molecule has 0 spiro atoms. The SMILES string of the molecule is Cc1ccc(-c2ccc(Cc3ccc(C4CCCCC4)cc3)cc2)cc1. The minimum absolute atomic E-state index is 0.798. The normalized spacial score (nSPS) is 15.1. The van der Waals surface area contributed by atoms with E-state index in [1.54, 1.807) is 5.56 Å². The van der Waals surface area contributed by atoms with Gasteiger partial charge in [-0.2, -0.15) is 0 Å². The predicted molar refractivity (Wildman–Crippen MR) is 112 cm³/mol. The molecule has 1 fully saturated rings. The summed E-state index contributed by atoms with van der Waals surface area (Å²) >= 11 is 0. The van der Waals surface area contributed by atoms with Gasteiger partial charge in [0, 0.05) is 0 Å². The molecule has 26 heavy (non-hydrogen) atoms. The van der Waals surface area contributed by atoms with Crippen LogP contribution in [0.2, 0.25) is 0 Å². The summed E-state index contributed by atoms with van der Waals surface area (Å²) in [6.07, 6.45) is 7.99. The van der Waals surface area contributed by atoms with Crippen LogP contribution in [0.25, 0.3) is 11.1 Å². The predicted octanol–water partition coefficient (Wildman–Crippen LogP) is 7.30. The summed E-state index contributed by atoms with van der Waals surface area (Å²) in [6, 6.07) is 27.2. The molecule has 1 saturated carbocycles. The van der Waals surface area contributed by atoms with Crippen LogP contribution >= 0.6 is 0 Å². The fourth-order valence-corrected chi connectivity index (χ4v) is 4.14. The van der Waals surface area contributed by atoms with Crippen LogP contribution in [0.3, 0.4) is 0 Å². The van der Waals surface area contributed by atoms with Crippen molar-refractivity contribution in [2.24, 2.45) is 0 Å². The molecule has 0 aliphatic heterocycles. The third kappa shape index (κ3) is 4.07. The smallest absolute Gasteiger partial charge is 0.00258 e. The number of rotatable bonds is 4. The zero-order valence-electron chi connectivity index (χ0n) is 15.7. The van der Waals surface area contributed by atoms with E-state index in [0.717, 1.165) is 12.3 Å². The zero-order chi connectivity index (χ0) is 17.8. The number of benzene rings is 3. The van der Waals surface area contributed by atoms with Crippen molar-refractivity contribution in [2.75, 3.05) is 0 Å². The highest BCUT2D eigenvalue weighted by atomic mass is 14.2. The van der Waals surface area contributed by atoms with Gasteiger partial charge in [0.15, 0.2) is 0 Å². The van der Waals surface area contributed by atoms with Gasteiger partial charge in [-0.15, -0.1) is 0 Å². The van der Waals surface area contributed by atoms with Gasteiger partial charge in [-0.25, -0.2) is 0 Å². The lowest BCUT2D eigenvalue weighted by atomic mass is 9.84. The van der Waals surface area contributed by atoms with Gasteiger partial charge in [0.05, 0.1) is 0 Å². The van der Waals surface area contributed by atoms with Gasteiger partial charge in [0.2, 0.25) is 0 Å². The topological polar surface area (TPSA) is 0 Å². The van der Waals surface area contributed by atoms with E-state index in [1.165, 1.54) is 59.9 Å². The molecule has 0 heteroatoms. The van der Waals surface area contributed by atoms with Gasteiger partial charge in [-0.05, 0) is 59.9 Å². The van der Waals surface area contributed by atoms with Crippen molar-refractivity contribution in [2.45, 2.75) is 51.4 Å². The summed E-state index contributed by atoms with van der Waals surface area (Å²) < 4.78 is 0. The second-order valence-corrected chi connectivity index (χ2v) is 7.82. The highest BCUT2D eigenvalue weighted by Crippen LogP contribution is 2.32. The molecular weight excluding hydrogens is 312 g/mol. The maximum atomic E-state index is 2.37. The van der Waals surface area contributed by atoms with Crippen molar-refractivity contribution < 1.29 is 0 Å². The molecule has 0 aromatic heterocycles. The van der Waals surface area contributed by atoms with Crippen LogP contribution in [-0.4, -0.2) is 0 Å². The molecule has 0 saturated heterocycles. The molecule has 3 aromatic rings. The van der Waals surface area contributed by atoms with Crippen molar-refractivity contribution in [1.82, 2.24) is 0 Å². The molecule has 1 aliphatic rings. The Morgan fingerprint density at radius 1 is 0.615 bits per heavy atom. The summed E-state index contributed by atoms with van der Waals surface area (Å²) in [5.41, 5.74) is 8.23. The Morgan fingerprint density at radius 2 is 1.12 bits per heavy atom. The van der Waals surface area contributed by atoms with E-state index in [0.29, 0.717) is 0 Å². The van der Waals surface area contributed by atoms with Crippen LogP contribution in [0.15, 0.2) is 72.8 Å². The molecule has 0 nitrogen and oxygen atoms in total. The van der Waals surface area contributed by atoms with Crippen molar-refractivity contribution in [3.8, 4) is 11.1 Å². The maximum Gasteiger partial charge on any atom is -0.00258 e. The minimum atomic E-state index is 0.798. The van der Waals surface area contributed by atoms with Crippen molar-refractivity contribution >= 4 is 0 Å². The first-order chi connectivity index (χ1) is 12.8. The Kier molecular flexibility index (Phi) is 5.20. The van der Waals surface area contributed by atoms with Gasteiger partial charge < -0.3 is 0 Å². The van der Waals surface area contributed by atoms with Crippen LogP contribution in [-0.2, 0) is 6.42 Å². The van der Waals surface area contributed by atoms with E-state index in [1.807, 2.05) is 0 Å². The molecule has 132 valence electrons. The van der Waals surface area contributed by atoms with Gasteiger partial charge >= 0.3 is 0 Å². The van der Waals surface area contributed by atoms with E-state index < -0.39 is 0 Å². The lowest BCUT2D eigenvalue weighted by Gasteiger charge is -2.22. The Hall–Kier alpha value is -2.34. The largest absolute Gasteiger partial charge is 0.0587 e. The fraction of sp³-hybridized carbons (Fsp3) is 0.308. The van der Waals surface area contributed by atoms with E-state index in [-0.39, 0.29) is 0 Å². The monoisotopic (exact) mass is 340 g/mol. The standard InChI is InChI=1S/C26H28/c1-20-7-13-24(14-8-20)26-17-11-22(12-18-26)19-21-9-15-25(16-10-21)23-5-3-2-4-6-23/h7-18,23H,2-6,19H2,1H3. The summed E-state index contributed by atoms with van der Waals surface area (Å²) in [6.45, 7) is 2.13. The Morgan fingerprint density at radius 3 is 1.69 bits per heavy atom. The van der Waals surface area contributed by atoms with Gasteiger partial charge in [-0.1, -0.05) is 97.6 Å². The van der Waals surface area contributed by atoms with Gasteiger partial charge in [0.1, 0.15) is 0 Å². The highest BCUT2D eigenvalue weighted by Gasteiger charge is 2.15. The van der Waals surface area contributed by atoms with Crippen molar-refractivity contribution in [1.29, 1.82) is 0 Å². The Balaban J connectivity index is 1.43. The lowest BCUT2D eigenvalue weighted by molar-refractivity contribution is 0.443. The van der Waals surface area contributed by atoms with E-state index in [4.69, 9.17) is 0 Å². The molecule has 4 rings (SSSR count). The summed E-state index contributed by atoms with van der Waals surface area (Å²) in [5, 5.41) is 0. The second-order valence-electron chi connectivity index (χ2n) is 7.82. The molecule has 1 aliphatic carbocycles. The first-order valence-corrected chi connectivity index (χ1v) is 10.0. The van der Waals surface area contributed by atoms with Crippen molar-refractivity contribution in [3.63, 3.8) is 0 Å². The third-order valence-electron chi connectivity index (χ3n) is 5.80. The van der Waals surface area contributed by atoms with Crippen LogP contribution in [0.5, 0.6) is 0 Å². The second kappa shape index (κ2) is 7.91. The molecule has 0 N–H and O–H groups in total. The summed E-state index contributed by atoms with van der Waals surface area (Å²) in [4.78, 5) is 0. The quantitative estimate of drug-likeness (QED) is 0.467. The zero-order valence-corrected chi connectivity index (χ0v) is 15.7. The molecule has 0 amide bonds. The average Bonchev–Trinajstić information content (AvgIpc) is 2.71.